The summed E-state index contributed by atoms with van der Waals surface area (Å²) in [6.07, 6.45) is 27.6. The van der Waals surface area contributed by atoms with Gasteiger partial charge in [-0.1, -0.05) is 42.5 Å². The lowest BCUT2D eigenvalue weighted by atomic mass is 10.4. The van der Waals surface area contributed by atoms with E-state index in [1.807, 2.05) is 66.7 Å². The van der Waals surface area contributed by atoms with Gasteiger partial charge in [-0.05, 0) is 36.4 Å². The average Bonchev–Trinajstić information content (AvgIpc) is 3.15. The van der Waals surface area contributed by atoms with Crippen LogP contribution in [-0.4, -0.2) is 60.3 Å². The number of benzene rings is 1. The van der Waals surface area contributed by atoms with Gasteiger partial charge in [-0.2, -0.15) is 15.3 Å². The van der Waals surface area contributed by atoms with Crippen LogP contribution in [-0.2, 0) is 0 Å². The third kappa shape index (κ3) is 28.3. The fourth-order valence-electron chi connectivity index (χ4n) is 1.92. The normalized spacial score (nSPS) is 8.00. The molecular formula is C30H30N12. The summed E-state index contributed by atoms with van der Waals surface area (Å²) in [6, 6.07) is 24.9. The van der Waals surface area contributed by atoms with E-state index < -0.39 is 0 Å². The number of hydrogen-bond donors (Lipinski definition) is 0. The predicted octanol–water partition coefficient (Wildman–Crippen LogP) is 4.55. The van der Waals surface area contributed by atoms with Gasteiger partial charge in [-0.3, -0.25) is 15.0 Å². The minimum Gasteiger partial charge on any atom is -0.265 e. The van der Waals surface area contributed by atoms with Gasteiger partial charge >= 0.3 is 0 Å². The Bertz CT molecular complexity index is 849. The number of hydrogen-bond acceptors (Lipinski definition) is 12. The predicted molar refractivity (Wildman–Crippen MR) is 159 cm³/mol. The van der Waals surface area contributed by atoms with Gasteiger partial charge in [0.1, 0.15) is 19.0 Å². The summed E-state index contributed by atoms with van der Waals surface area (Å²) in [4.78, 5) is 29.5. The smallest absolute Gasteiger partial charge is 0.138 e. The molecule has 0 radical (unpaired) electrons. The van der Waals surface area contributed by atoms with Crippen molar-refractivity contribution in [2.24, 2.45) is 0 Å². The van der Waals surface area contributed by atoms with E-state index in [2.05, 4.69) is 60.3 Å². The molecule has 7 rings (SSSR count). The van der Waals surface area contributed by atoms with Crippen molar-refractivity contribution in [1.82, 2.24) is 60.3 Å². The Kier molecular flexibility index (Phi) is 24.8. The zero-order valence-electron chi connectivity index (χ0n) is 22.7. The summed E-state index contributed by atoms with van der Waals surface area (Å²) in [5.74, 6) is 0. The monoisotopic (exact) mass is 558 g/mol. The highest BCUT2D eigenvalue weighted by molar-refractivity contribution is 4.99. The molecule has 42 heavy (non-hydrogen) atoms. The molecule has 0 aliphatic carbocycles. The zero-order valence-corrected chi connectivity index (χ0v) is 22.7. The minimum atomic E-state index is 1.39. The van der Waals surface area contributed by atoms with Crippen LogP contribution in [0.5, 0.6) is 0 Å². The molecule has 0 aliphatic heterocycles. The highest BCUT2D eigenvalue weighted by atomic mass is 15.1. The second-order valence-electron chi connectivity index (χ2n) is 6.59. The molecular weight excluding hydrogens is 528 g/mol. The van der Waals surface area contributed by atoms with Crippen LogP contribution in [0, 0.1) is 0 Å². The first kappa shape index (κ1) is 33.7. The van der Waals surface area contributed by atoms with E-state index in [0.717, 1.165) is 0 Å². The Labute approximate surface area is 244 Å². The molecule has 1 aromatic carbocycles. The van der Waals surface area contributed by atoms with Crippen molar-refractivity contribution in [3.8, 4) is 0 Å². The number of aromatic nitrogens is 12. The van der Waals surface area contributed by atoms with Crippen LogP contribution in [0.1, 0.15) is 0 Å². The van der Waals surface area contributed by atoms with Gasteiger partial charge in [-0.25, -0.2) is 24.9 Å². The molecule has 6 aromatic heterocycles. The lowest BCUT2D eigenvalue weighted by Gasteiger charge is -1.70. The van der Waals surface area contributed by atoms with E-state index in [4.69, 9.17) is 0 Å². The van der Waals surface area contributed by atoms with Gasteiger partial charge in [0.15, 0.2) is 0 Å². The molecule has 0 N–H and O–H groups in total. The highest BCUT2D eigenvalue weighted by Crippen LogP contribution is 1.80. The fourth-order valence-corrected chi connectivity index (χ4v) is 1.92. The van der Waals surface area contributed by atoms with E-state index in [1.54, 1.807) is 92.7 Å². The van der Waals surface area contributed by atoms with Gasteiger partial charge in [0.25, 0.3) is 0 Å². The van der Waals surface area contributed by atoms with Crippen LogP contribution in [0.25, 0.3) is 0 Å². The summed E-state index contributed by atoms with van der Waals surface area (Å²) in [5.41, 5.74) is 0. The van der Waals surface area contributed by atoms with Crippen molar-refractivity contribution < 1.29 is 0 Å². The van der Waals surface area contributed by atoms with Crippen LogP contribution < -0.4 is 0 Å². The molecule has 7 aromatic rings. The maximum atomic E-state index is 3.78. The first-order valence-electron chi connectivity index (χ1n) is 12.2. The lowest BCUT2D eigenvalue weighted by molar-refractivity contribution is 0.969. The highest BCUT2D eigenvalue weighted by Gasteiger charge is 1.62. The van der Waals surface area contributed by atoms with Crippen LogP contribution in [0.15, 0.2) is 185 Å². The molecule has 0 atom stereocenters. The third-order valence-corrected chi connectivity index (χ3v) is 3.55. The van der Waals surface area contributed by atoms with Gasteiger partial charge < -0.3 is 0 Å². The quantitative estimate of drug-likeness (QED) is 0.256. The molecule has 0 bridgehead atoms. The third-order valence-electron chi connectivity index (χ3n) is 3.55. The average molecular weight is 559 g/mol. The van der Waals surface area contributed by atoms with E-state index in [9.17, 15) is 0 Å². The Hall–Kier alpha value is -6.30. The first-order chi connectivity index (χ1) is 21.0. The summed E-state index contributed by atoms with van der Waals surface area (Å²) < 4.78 is 0. The summed E-state index contributed by atoms with van der Waals surface area (Å²) >= 11 is 0. The molecule has 0 saturated carbocycles. The first-order valence-corrected chi connectivity index (χ1v) is 12.2. The van der Waals surface area contributed by atoms with Crippen LogP contribution in [0.2, 0.25) is 0 Å². The van der Waals surface area contributed by atoms with Gasteiger partial charge in [0.05, 0.1) is 6.20 Å². The molecule has 0 saturated heterocycles. The molecule has 0 amide bonds. The zero-order chi connectivity index (χ0) is 29.7. The molecule has 0 spiro atoms. The van der Waals surface area contributed by atoms with E-state index in [-0.39, 0.29) is 0 Å². The van der Waals surface area contributed by atoms with Gasteiger partial charge in [0.2, 0.25) is 0 Å². The molecule has 12 heteroatoms. The molecule has 210 valence electrons. The fraction of sp³-hybridized carbons (Fsp3) is 0. The topological polar surface area (TPSA) is 155 Å². The largest absolute Gasteiger partial charge is 0.265 e. The Morgan fingerprint density at radius 3 is 0.619 bits per heavy atom. The van der Waals surface area contributed by atoms with Gasteiger partial charge in [-0.15, -0.1) is 5.10 Å². The van der Waals surface area contributed by atoms with Crippen molar-refractivity contribution in [3.63, 3.8) is 0 Å². The number of nitrogens with zero attached hydrogens (tertiary/aromatic N) is 12. The SMILES string of the molecule is c1ccccc1.c1ccncc1.c1ccnnc1.c1cnccn1.c1cncnc1.c1cncnc1.c1cnncn1. The Morgan fingerprint density at radius 1 is 0.167 bits per heavy atom. The van der Waals surface area contributed by atoms with Crippen molar-refractivity contribution >= 4 is 0 Å². The second kappa shape index (κ2) is 30.9. The van der Waals surface area contributed by atoms with Crippen LogP contribution in [0.4, 0.5) is 0 Å². The molecule has 0 aliphatic rings. The summed E-state index contributed by atoms with van der Waals surface area (Å²) in [6.45, 7) is 0. The second-order valence-corrected chi connectivity index (χ2v) is 6.59. The Balaban J connectivity index is 0.000000245. The van der Waals surface area contributed by atoms with Crippen molar-refractivity contribution in [1.29, 1.82) is 0 Å². The molecule has 12 nitrogen and oxygen atoms in total. The summed E-state index contributed by atoms with van der Waals surface area (Å²) in [5, 5.41) is 14.0. The van der Waals surface area contributed by atoms with Crippen molar-refractivity contribution in [2.75, 3.05) is 0 Å². The van der Waals surface area contributed by atoms with Crippen molar-refractivity contribution in [3.05, 3.63) is 185 Å². The standard InChI is InChI=1S/C6H6.C5H5N.4C4H4N2.C3H3N3/c2*1-2-4-6-5-3-1;1-2-6-4-3-5-1;2*1-2-5-4-6-3-1;1-2-4-6-5-3-1;1-2-5-6-3-4-1/h1-6H;1-5H;4*1-4H;1-3H. The van der Waals surface area contributed by atoms with Gasteiger partial charge in [0, 0.05) is 80.6 Å². The molecule has 0 unspecified atom stereocenters. The van der Waals surface area contributed by atoms with E-state index in [0.29, 0.717) is 0 Å². The summed E-state index contributed by atoms with van der Waals surface area (Å²) in [7, 11) is 0. The number of pyridine rings is 1. The minimum absolute atomic E-state index is 1.39. The maximum Gasteiger partial charge on any atom is 0.138 e. The Morgan fingerprint density at radius 2 is 0.476 bits per heavy atom. The van der Waals surface area contributed by atoms with Crippen molar-refractivity contribution in [2.45, 2.75) is 0 Å². The number of rotatable bonds is 0. The molecule has 6 heterocycles. The van der Waals surface area contributed by atoms with E-state index >= 15 is 0 Å². The molecule has 0 fully saturated rings. The van der Waals surface area contributed by atoms with E-state index in [1.165, 1.54) is 25.2 Å². The lowest BCUT2D eigenvalue weighted by Crippen LogP contribution is -1.75. The van der Waals surface area contributed by atoms with Crippen LogP contribution >= 0.6 is 0 Å². The maximum absolute atomic E-state index is 3.78. The van der Waals surface area contributed by atoms with Crippen LogP contribution in [0.3, 0.4) is 0 Å².